The van der Waals surface area contributed by atoms with Gasteiger partial charge in [-0.05, 0) is 12.8 Å². The average Bonchev–Trinajstić information content (AvgIpc) is 2.41. The summed E-state index contributed by atoms with van der Waals surface area (Å²) in [4.78, 5) is 8.91. The van der Waals surface area contributed by atoms with Gasteiger partial charge in [0.2, 0.25) is 0 Å². The minimum atomic E-state index is 0.621. The van der Waals surface area contributed by atoms with E-state index >= 15 is 0 Å². The van der Waals surface area contributed by atoms with Crippen LogP contribution in [0.3, 0.4) is 0 Å². The van der Waals surface area contributed by atoms with Crippen LogP contribution in [0.5, 0.6) is 0 Å². The lowest BCUT2D eigenvalue weighted by Gasteiger charge is -2.24. The number of rotatable bonds is 1. The third-order valence-electron chi connectivity index (χ3n) is 3.81. The number of benzene rings is 1. The minimum absolute atomic E-state index is 0.621. The maximum absolute atomic E-state index is 4.67. The van der Waals surface area contributed by atoms with Crippen molar-refractivity contribution in [3.8, 4) is 0 Å². The fourth-order valence-corrected chi connectivity index (χ4v) is 2.89. The molecule has 1 aromatic carbocycles. The Balaban J connectivity index is 2.01. The predicted octanol–water partition coefficient (Wildman–Crippen LogP) is 3.96. The van der Waals surface area contributed by atoms with Crippen molar-refractivity contribution in [3.63, 3.8) is 0 Å². The summed E-state index contributed by atoms with van der Waals surface area (Å²) in [5.41, 5.74) is 3.70. The summed E-state index contributed by atoms with van der Waals surface area (Å²) in [6, 6.07) is 8.45. The van der Waals surface area contributed by atoms with E-state index in [0.717, 1.165) is 0 Å². The molecule has 2 aliphatic rings. The first-order valence-electron chi connectivity index (χ1n) is 6.80. The fourth-order valence-electron chi connectivity index (χ4n) is 2.89. The normalized spacial score (nSPS) is 19.9. The van der Waals surface area contributed by atoms with Gasteiger partial charge in [-0.3, -0.25) is 9.98 Å². The molecular formula is C16H18N2. The SMILES string of the molecule is C1=CN=C(C2CCCCC2)c2ccccc2C=N1. The lowest BCUT2D eigenvalue weighted by atomic mass is 9.82. The van der Waals surface area contributed by atoms with E-state index in [2.05, 4.69) is 34.3 Å². The van der Waals surface area contributed by atoms with Crippen LogP contribution in [0.1, 0.15) is 43.2 Å². The third-order valence-corrected chi connectivity index (χ3v) is 3.81. The quantitative estimate of drug-likeness (QED) is 0.707. The Labute approximate surface area is 108 Å². The molecule has 0 radical (unpaired) electrons. The molecule has 0 aromatic heterocycles. The highest BCUT2D eigenvalue weighted by atomic mass is 14.8. The van der Waals surface area contributed by atoms with Crippen molar-refractivity contribution in [3.05, 3.63) is 47.8 Å². The molecule has 1 aromatic rings. The molecule has 3 rings (SSSR count). The first kappa shape index (κ1) is 11.4. The van der Waals surface area contributed by atoms with E-state index in [1.807, 2.05) is 12.4 Å². The van der Waals surface area contributed by atoms with Gasteiger partial charge in [-0.15, -0.1) is 0 Å². The van der Waals surface area contributed by atoms with Crippen LogP contribution >= 0.6 is 0 Å². The molecule has 1 saturated carbocycles. The Bertz CT molecular complexity index is 506. The maximum atomic E-state index is 4.67. The Kier molecular flexibility index (Phi) is 3.35. The molecule has 0 atom stereocenters. The second-order valence-electron chi connectivity index (χ2n) is 5.01. The van der Waals surface area contributed by atoms with Crippen molar-refractivity contribution in [1.82, 2.24) is 0 Å². The summed E-state index contributed by atoms with van der Waals surface area (Å²) >= 11 is 0. The van der Waals surface area contributed by atoms with E-state index in [0.29, 0.717) is 5.92 Å². The molecule has 0 saturated heterocycles. The summed E-state index contributed by atoms with van der Waals surface area (Å²) in [6.07, 6.45) is 12.1. The molecular weight excluding hydrogens is 220 g/mol. The van der Waals surface area contributed by atoms with Gasteiger partial charge in [0.05, 0.1) is 5.71 Å². The van der Waals surface area contributed by atoms with Gasteiger partial charge in [-0.2, -0.15) is 0 Å². The lowest BCUT2D eigenvalue weighted by molar-refractivity contribution is 0.440. The van der Waals surface area contributed by atoms with Gasteiger partial charge < -0.3 is 0 Å². The molecule has 1 heterocycles. The number of fused-ring (bicyclic) bond motifs is 1. The third kappa shape index (κ3) is 2.28. The molecule has 1 aliphatic heterocycles. The van der Waals surface area contributed by atoms with Crippen molar-refractivity contribution >= 4 is 11.9 Å². The Hall–Kier alpha value is -1.70. The standard InChI is InChI=1S/C16H18N2/c1-2-6-13(7-3-1)16-15-9-5-4-8-14(15)12-17-10-11-18-16/h4-5,8-13H,1-3,6-7H2. The molecule has 2 nitrogen and oxygen atoms in total. The Morgan fingerprint density at radius 1 is 0.944 bits per heavy atom. The molecule has 0 bridgehead atoms. The molecule has 18 heavy (non-hydrogen) atoms. The van der Waals surface area contributed by atoms with Crippen LogP contribution < -0.4 is 0 Å². The van der Waals surface area contributed by atoms with Gasteiger partial charge in [-0.1, -0.05) is 43.5 Å². The molecule has 0 amide bonds. The van der Waals surface area contributed by atoms with Crippen LogP contribution in [0.2, 0.25) is 0 Å². The first-order chi connectivity index (χ1) is 8.95. The monoisotopic (exact) mass is 238 g/mol. The molecule has 0 unspecified atom stereocenters. The lowest BCUT2D eigenvalue weighted by Crippen LogP contribution is -2.20. The van der Waals surface area contributed by atoms with Gasteiger partial charge in [0, 0.05) is 35.7 Å². The largest absolute Gasteiger partial charge is 0.262 e. The van der Waals surface area contributed by atoms with Gasteiger partial charge in [0.25, 0.3) is 0 Å². The number of hydrogen-bond acceptors (Lipinski definition) is 2. The van der Waals surface area contributed by atoms with Crippen molar-refractivity contribution in [2.45, 2.75) is 32.1 Å². The Morgan fingerprint density at radius 2 is 1.78 bits per heavy atom. The van der Waals surface area contributed by atoms with Crippen LogP contribution in [-0.2, 0) is 0 Å². The summed E-state index contributed by atoms with van der Waals surface area (Å²) in [5.74, 6) is 0.621. The molecule has 1 aliphatic carbocycles. The molecule has 0 N–H and O–H groups in total. The zero-order valence-electron chi connectivity index (χ0n) is 10.5. The van der Waals surface area contributed by atoms with E-state index in [1.165, 1.54) is 48.9 Å². The predicted molar refractivity (Wildman–Crippen MR) is 76.3 cm³/mol. The van der Waals surface area contributed by atoms with Crippen LogP contribution in [0, 0.1) is 5.92 Å². The number of nitrogens with zero attached hydrogens (tertiary/aromatic N) is 2. The zero-order chi connectivity index (χ0) is 12.2. The van der Waals surface area contributed by atoms with Crippen molar-refractivity contribution < 1.29 is 0 Å². The molecule has 1 fully saturated rings. The highest BCUT2D eigenvalue weighted by Crippen LogP contribution is 2.28. The van der Waals surface area contributed by atoms with Crippen LogP contribution in [0.15, 0.2) is 46.7 Å². The molecule has 0 spiro atoms. The molecule has 2 heteroatoms. The average molecular weight is 238 g/mol. The van der Waals surface area contributed by atoms with Crippen molar-refractivity contribution in [1.29, 1.82) is 0 Å². The molecule has 92 valence electrons. The maximum Gasteiger partial charge on any atom is 0.0513 e. The van der Waals surface area contributed by atoms with E-state index in [-0.39, 0.29) is 0 Å². The van der Waals surface area contributed by atoms with Crippen molar-refractivity contribution in [2.24, 2.45) is 15.9 Å². The Morgan fingerprint density at radius 3 is 2.67 bits per heavy atom. The van der Waals surface area contributed by atoms with Crippen LogP contribution in [0.4, 0.5) is 0 Å². The smallest absolute Gasteiger partial charge is 0.0513 e. The summed E-state index contributed by atoms with van der Waals surface area (Å²) in [5, 5.41) is 0. The topological polar surface area (TPSA) is 24.7 Å². The first-order valence-corrected chi connectivity index (χ1v) is 6.80. The second-order valence-corrected chi connectivity index (χ2v) is 5.01. The highest BCUT2D eigenvalue weighted by molar-refractivity contribution is 6.08. The van der Waals surface area contributed by atoms with Gasteiger partial charge >= 0.3 is 0 Å². The van der Waals surface area contributed by atoms with E-state index < -0.39 is 0 Å². The van der Waals surface area contributed by atoms with Gasteiger partial charge in [0.15, 0.2) is 0 Å². The van der Waals surface area contributed by atoms with Crippen molar-refractivity contribution in [2.75, 3.05) is 0 Å². The van der Waals surface area contributed by atoms with Crippen LogP contribution in [0.25, 0.3) is 0 Å². The van der Waals surface area contributed by atoms with E-state index in [9.17, 15) is 0 Å². The van der Waals surface area contributed by atoms with E-state index in [4.69, 9.17) is 0 Å². The van der Waals surface area contributed by atoms with Gasteiger partial charge in [0.1, 0.15) is 0 Å². The summed E-state index contributed by atoms with van der Waals surface area (Å²) in [6.45, 7) is 0. The number of hydrogen-bond donors (Lipinski definition) is 0. The summed E-state index contributed by atoms with van der Waals surface area (Å²) in [7, 11) is 0. The van der Waals surface area contributed by atoms with Gasteiger partial charge in [-0.25, -0.2) is 0 Å². The second kappa shape index (κ2) is 5.30. The minimum Gasteiger partial charge on any atom is -0.262 e. The number of aliphatic imine (C=N–C) groups is 2. The van der Waals surface area contributed by atoms with Crippen LogP contribution in [-0.4, -0.2) is 11.9 Å². The fraction of sp³-hybridized carbons (Fsp3) is 0.375. The summed E-state index contributed by atoms with van der Waals surface area (Å²) < 4.78 is 0. The highest BCUT2D eigenvalue weighted by Gasteiger charge is 2.21. The van der Waals surface area contributed by atoms with E-state index in [1.54, 1.807) is 6.20 Å². The zero-order valence-corrected chi connectivity index (χ0v) is 10.5.